The van der Waals surface area contributed by atoms with Gasteiger partial charge in [0.1, 0.15) is 0 Å². The highest BCUT2D eigenvalue weighted by Gasteiger charge is 2.48. The van der Waals surface area contributed by atoms with Gasteiger partial charge in [0.2, 0.25) is 5.88 Å². The first-order valence-electron chi connectivity index (χ1n) is 10.6. The summed E-state index contributed by atoms with van der Waals surface area (Å²) in [6, 6.07) is 6.38. The van der Waals surface area contributed by atoms with Crippen LogP contribution in [-0.2, 0) is 16.6 Å². The van der Waals surface area contributed by atoms with Gasteiger partial charge in [-0.15, -0.1) is 0 Å². The molecule has 4 rings (SSSR count). The molecule has 3 heterocycles. The van der Waals surface area contributed by atoms with Crippen LogP contribution in [0.1, 0.15) is 69.2 Å². The van der Waals surface area contributed by atoms with Gasteiger partial charge in [-0.05, 0) is 57.1 Å². The zero-order valence-corrected chi connectivity index (χ0v) is 16.9. The molecule has 1 saturated carbocycles. The van der Waals surface area contributed by atoms with Crippen LogP contribution in [0.5, 0.6) is 5.88 Å². The highest BCUT2D eigenvalue weighted by atomic mass is 16.5. The van der Waals surface area contributed by atoms with E-state index in [-0.39, 0.29) is 11.0 Å². The van der Waals surface area contributed by atoms with Crippen LogP contribution in [0, 0.1) is 0 Å². The van der Waals surface area contributed by atoms with E-state index < -0.39 is 0 Å². The van der Waals surface area contributed by atoms with Gasteiger partial charge in [0.05, 0.1) is 30.8 Å². The predicted octanol–water partition coefficient (Wildman–Crippen LogP) is 4.65. The molecule has 2 fully saturated rings. The summed E-state index contributed by atoms with van der Waals surface area (Å²) in [5, 5.41) is 0. The maximum Gasteiger partial charge on any atom is 0.231 e. The second-order valence-electron chi connectivity index (χ2n) is 8.42. The number of aromatic nitrogens is 3. The second kappa shape index (κ2) is 8.56. The number of hydrogen-bond acceptors (Lipinski definition) is 5. The third-order valence-electron chi connectivity index (χ3n) is 6.60. The number of hydrogen-bond donors (Lipinski definition) is 0. The first-order chi connectivity index (χ1) is 13.7. The lowest BCUT2D eigenvalue weighted by molar-refractivity contribution is -0.104. The molecule has 2 aromatic rings. The van der Waals surface area contributed by atoms with Crippen molar-refractivity contribution in [2.45, 2.75) is 75.2 Å². The highest BCUT2D eigenvalue weighted by Crippen LogP contribution is 2.50. The van der Waals surface area contributed by atoms with E-state index in [4.69, 9.17) is 14.5 Å². The van der Waals surface area contributed by atoms with Crippen molar-refractivity contribution < 1.29 is 9.47 Å². The lowest BCUT2D eigenvalue weighted by Crippen LogP contribution is -2.46. The van der Waals surface area contributed by atoms with Crippen molar-refractivity contribution >= 4 is 0 Å². The Morgan fingerprint density at radius 2 is 1.93 bits per heavy atom. The number of pyridine rings is 1. The normalized spacial score (nSPS) is 23.8. The Kier molecular flexibility index (Phi) is 5.90. The number of unbranched alkanes of at least 4 members (excludes halogenated alkanes) is 1. The van der Waals surface area contributed by atoms with Crippen LogP contribution in [0.3, 0.4) is 0 Å². The van der Waals surface area contributed by atoms with E-state index in [1.165, 1.54) is 44.2 Å². The smallest absolute Gasteiger partial charge is 0.231 e. The second-order valence-corrected chi connectivity index (χ2v) is 8.42. The number of aryl methyl sites for hydroxylation is 1. The van der Waals surface area contributed by atoms with E-state index in [1.807, 2.05) is 18.5 Å². The Hall–Kier alpha value is -2.01. The predicted molar refractivity (Wildman–Crippen MR) is 108 cm³/mol. The molecule has 0 aromatic carbocycles. The van der Waals surface area contributed by atoms with Gasteiger partial charge in [0, 0.05) is 23.9 Å². The summed E-state index contributed by atoms with van der Waals surface area (Å²) in [4.78, 5) is 13.5. The van der Waals surface area contributed by atoms with Crippen molar-refractivity contribution in [3.8, 4) is 5.88 Å². The minimum absolute atomic E-state index is 0.0945. The Morgan fingerprint density at radius 3 is 2.64 bits per heavy atom. The maximum absolute atomic E-state index is 6.34. The number of nitrogens with zero attached hydrogens (tertiary/aromatic N) is 3. The number of ether oxygens (including phenoxy) is 2. The average Bonchev–Trinajstić information content (AvgIpc) is 3.19. The Labute approximate surface area is 167 Å². The molecule has 28 heavy (non-hydrogen) atoms. The molecule has 0 amide bonds. The van der Waals surface area contributed by atoms with Gasteiger partial charge in [-0.25, -0.2) is 4.98 Å². The average molecular weight is 382 g/mol. The van der Waals surface area contributed by atoms with Crippen LogP contribution in [0.4, 0.5) is 0 Å². The van der Waals surface area contributed by atoms with E-state index in [1.54, 1.807) is 13.3 Å². The van der Waals surface area contributed by atoms with Crippen LogP contribution in [0.25, 0.3) is 0 Å². The molecule has 1 aliphatic carbocycles. The summed E-state index contributed by atoms with van der Waals surface area (Å²) >= 11 is 0. The van der Waals surface area contributed by atoms with E-state index in [9.17, 15) is 0 Å². The molecule has 1 atom stereocenters. The van der Waals surface area contributed by atoms with Gasteiger partial charge in [-0.1, -0.05) is 25.3 Å². The summed E-state index contributed by atoms with van der Waals surface area (Å²) in [6.45, 7) is 0.862. The van der Waals surface area contributed by atoms with Crippen LogP contribution in [0.2, 0.25) is 0 Å². The molecule has 1 aliphatic heterocycles. The van der Waals surface area contributed by atoms with Crippen molar-refractivity contribution in [1.29, 1.82) is 0 Å². The third kappa shape index (κ3) is 4.19. The van der Waals surface area contributed by atoms with Crippen LogP contribution in [-0.4, -0.2) is 34.3 Å². The van der Waals surface area contributed by atoms with Gasteiger partial charge < -0.3 is 9.47 Å². The summed E-state index contributed by atoms with van der Waals surface area (Å²) < 4.78 is 11.4. The molecule has 0 unspecified atom stereocenters. The van der Waals surface area contributed by atoms with E-state index >= 15 is 0 Å². The minimum Gasteiger partial charge on any atom is -0.480 e. The number of rotatable bonds is 7. The van der Waals surface area contributed by atoms with Gasteiger partial charge in [-0.3, -0.25) is 9.97 Å². The van der Waals surface area contributed by atoms with Gasteiger partial charge >= 0.3 is 0 Å². The van der Waals surface area contributed by atoms with E-state index in [0.717, 1.165) is 38.0 Å². The molecular formula is C23H31N3O2. The fourth-order valence-corrected chi connectivity index (χ4v) is 5.14. The quantitative estimate of drug-likeness (QED) is 0.653. The number of methoxy groups -OCH3 is 1. The zero-order chi connectivity index (χ0) is 19.3. The fraction of sp³-hybridized carbons (Fsp3) is 0.609. The maximum atomic E-state index is 6.34. The zero-order valence-electron chi connectivity index (χ0n) is 16.9. The summed E-state index contributed by atoms with van der Waals surface area (Å²) in [5.41, 5.74) is 2.54. The summed E-state index contributed by atoms with van der Waals surface area (Å²) in [6.07, 6.45) is 17.1. The molecule has 0 radical (unpaired) electrons. The van der Waals surface area contributed by atoms with Crippen LogP contribution >= 0.6 is 0 Å². The van der Waals surface area contributed by atoms with Crippen molar-refractivity contribution in [1.82, 2.24) is 15.0 Å². The minimum atomic E-state index is 0.0945. The van der Waals surface area contributed by atoms with Crippen LogP contribution < -0.4 is 4.74 Å². The molecule has 2 aromatic heterocycles. The lowest BCUT2D eigenvalue weighted by atomic mass is 9.67. The molecule has 2 aliphatic rings. The van der Waals surface area contributed by atoms with Crippen LogP contribution in [0.15, 0.2) is 36.8 Å². The largest absolute Gasteiger partial charge is 0.480 e. The Bertz CT molecular complexity index is 744. The molecule has 1 saturated heterocycles. The first-order valence-corrected chi connectivity index (χ1v) is 10.6. The molecule has 0 N–H and O–H groups in total. The van der Waals surface area contributed by atoms with Crippen molar-refractivity contribution in [2.24, 2.45) is 0 Å². The molecule has 5 heteroatoms. The molecule has 0 bridgehead atoms. The Balaban J connectivity index is 1.42. The van der Waals surface area contributed by atoms with E-state index in [0.29, 0.717) is 5.88 Å². The summed E-state index contributed by atoms with van der Waals surface area (Å²) in [7, 11) is 1.62. The van der Waals surface area contributed by atoms with Crippen molar-refractivity contribution in [2.75, 3.05) is 13.7 Å². The van der Waals surface area contributed by atoms with Gasteiger partial charge in [0.25, 0.3) is 0 Å². The summed E-state index contributed by atoms with van der Waals surface area (Å²) in [5.74, 6) is 0.571. The lowest BCUT2D eigenvalue weighted by Gasteiger charge is -2.46. The Morgan fingerprint density at radius 1 is 1.04 bits per heavy atom. The van der Waals surface area contributed by atoms with Crippen molar-refractivity contribution in [3.63, 3.8) is 0 Å². The van der Waals surface area contributed by atoms with Gasteiger partial charge in [0.15, 0.2) is 0 Å². The topological polar surface area (TPSA) is 57.1 Å². The third-order valence-corrected chi connectivity index (χ3v) is 6.60. The molecule has 5 nitrogen and oxygen atoms in total. The SMILES string of the molecule is COc1cnc(CCCC[C@@]2(c3ccccn3)CCOC3(CCCC3)C2)cn1. The molecule has 150 valence electrons. The molecular weight excluding hydrogens is 350 g/mol. The van der Waals surface area contributed by atoms with E-state index in [2.05, 4.69) is 22.1 Å². The first kappa shape index (κ1) is 19.3. The van der Waals surface area contributed by atoms with Crippen molar-refractivity contribution in [3.05, 3.63) is 48.2 Å². The monoisotopic (exact) mass is 381 g/mol. The van der Waals surface area contributed by atoms with Gasteiger partial charge in [-0.2, -0.15) is 0 Å². The molecule has 1 spiro atoms. The standard InChI is InChI=1S/C23H31N3O2/c1-27-21-17-25-19(16-26-21)8-2-4-10-22(20-9-3-7-14-24-20)13-15-28-23(18-22)11-5-6-12-23/h3,7,9,14,16-17H,2,4-6,8,10-13,15,18H2,1H3/t22-/m1/s1. The fourth-order valence-electron chi connectivity index (χ4n) is 5.14. The highest BCUT2D eigenvalue weighted by molar-refractivity contribution is 5.20.